The zero-order chi connectivity index (χ0) is 16.1. The van der Waals surface area contributed by atoms with E-state index in [1.54, 1.807) is 0 Å². The average molecular weight is 315 g/mol. The molecule has 0 unspecified atom stereocenters. The quantitative estimate of drug-likeness (QED) is 0.789. The summed E-state index contributed by atoms with van der Waals surface area (Å²) in [7, 11) is 0. The molecule has 2 aromatic carbocycles. The van der Waals surface area contributed by atoms with E-state index in [-0.39, 0.29) is 5.78 Å². The first-order chi connectivity index (χ1) is 11.8. The standard InChI is InChI=1S/C20H17N3O/c24-17-11-21-20-19-15(17)6-3-7-16(19)22-18(23-20)10-12-8-13-4-1-2-5-14(13)9-12/h1-7,12H,8-11H2,(H,21,22,23). The molecule has 5 rings (SSSR count). The Morgan fingerprint density at radius 1 is 1.00 bits per heavy atom. The number of hydrogen-bond acceptors (Lipinski definition) is 4. The van der Waals surface area contributed by atoms with Crippen molar-refractivity contribution >= 4 is 22.5 Å². The monoisotopic (exact) mass is 315 g/mol. The van der Waals surface area contributed by atoms with E-state index in [0.717, 1.165) is 47.4 Å². The minimum Gasteiger partial charge on any atom is -0.362 e. The van der Waals surface area contributed by atoms with E-state index in [1.807, 2.05) is 18.2 Å². The summed E-state index contributed by atoms with van der Waals surface area (Å²) in [4.78, 5) is 21.5. The Hall–Kier alpha value is -2.75. The summed E-state index contributed by atoms with van der Waals surface area (Å²) >= 11 is 0. The minimum absolute atomic E-state index is 0.107. The van der Waals surface area contributed by atoms with Crippen molar-refractivity contribution in [2.75, 3.05) is 11.9 Å². The smallest absolute Gasteiger partial charge is 0.182 e. The second kappa shape index (κ2) is 5.13. The molecule has 2 aliphatic rings. The van der Waals surface area contributed by atoms with Crippen LogP contribution in [0.4, 0.5) is 5.82 Å². The lowest BCUT2D eigenvalue weighted by atomic mass is 10.00. The number of anilines is 1. The number of nitrogens with zero attached hydrogens (tertiary/aromatic N) is 2. The van der Waals surface area contributed by atoms with Gasteiger partial charge in [-0.05, 0) is 36.0 Å². The van der Waals surface area contributed by atoms with Gasteiger partial charge in [0.1, 0.15) is 11.6 Å². The maximum atomic E-state index is 12.0. The summed E-state index contributed by atoms with van der Waals surface area (Å²) in [5, 5.41) is 4.03. The molecule has 118 valence electrons. The van der Waals surface area contributed by atoms with Crippen molar-refractivity contribution in [3.05, 3.63) is 65.0 Å². The fraction of sp³-hybridized carbons (Fsp3) is 0.250. The van der Waals surface area contributed by atoms with Crippen LogP contribution in [0.3, 0.4) is 0 Å². The Bertz CT molecular complexity index is 955. The molecule has 1 N–H and O–H groups in total. The highest BCUT2D eigenvalue weighted by atomic mass is 16.1. The van der Waals surface area contributed by atoms with Gasteiger partial charge in [-0.3, -0.25) is 4.79 Å². The van der Waals surface area contributed by atoms with Crippen molar-refractivity contribution in [3.8, 4) is 0 Å². The molecular weight excluding hydrogens is 298 g/mol. The molecule has 0 spiro atoms. The fourth-order valence-electron chi connectivity index (χ4n) is 3.99. The third-order valence-electron chi connectivity index (χ3n) is 5.09. The SMILES string of the molecule is O=C1CNc2nc(CC3Cc4ccccc4C3)nc3cccc1c23. The number of fused-ring (bicyclic) bond motifs is 1. The topological polar surface area (TPSA) is 54.9 Å². The summed E-state index contributed by atoms with van der Waals surface area (Å²) in [6.07, 6.45) is 3.06. The minimum atomic E-state index is 0.107. The lowest BCUT2D eigenvalue weighted by Gasteiger charge is -2.18. The molecule has 4 nitrogen and oxygen atoms in total. The zero-order valence-corrected chi connectivity index (χ0v) is 13.2. The summed E-state index contributed by atoms with van der Waals surface area (Å²) < 4.78 is 0. The number of aromatic nitrogens is 2. The summed E-state index contributed by atoms with van der Waals surface area (Å²) in [6.45, 7) is 0.317. The summed E-state index contributed by atoms with van der Waals surface area (Å²) in [5.41, 5.74) is 4.51. The third kappa shape index (κ3) is 2.10. The maximum absolute atomic E-state index is 12.0. The van der Waals surface area contributed by atoms with Crippen molar-refractivity contribution in [2.24, 2.45) is 5.92 Å². The van der Waals surface area contributed by atoms with Crippen LogP contribution in [0.5, 0.6) is 0 Å². The average Bonchev–Trinajstić information content (AvgIpc) is 3.00. The molecule has 0 saturated carbocycles. The molecule has 0 atom stereocenters. The molecule has 1 aliphatic heterocycles. The van der Waals surface area contributed by atoms with Crippen LogP contribution in [0.25, 0.3) is 10.9 Å². The van der Waals surface area contributed by atoms with Crippen molar-refractivity contribution in [2.45, 2.75) is 19.3 Å². The first-order valence-corrected chi connectivity index (χ1v) is 8.41. The third-order valence-corrected chi connectivity index (χ3v) is 5.09. The molecule has 0 radical (unpaired) electrons. The molecule has 1 aliphatic carbocycles. The van der Waals surface area contributed by atoms with E-state index in [1.165, 1.54) is 11.1 Å². The van der Waals surface area contributed by atoms with Gasteiger partial charge in [-0.1, -0.05) is 36.4 Å². The molecule has 3 aromatic rings. The van der Waals surface area contributed by atoms with E-state index in [4.69, 9.17) is 9.97 Å². The Morgan fingerprint density at radius 2 is 1.79 bits per heavy atom. The van der Waals surface area contributed by atoms with Gasteiger partial charge in [0.05, 0.1) is 17.4 Å². The molecular formula is C20H17N3O. The number of nitrogens with one attached hydrogen (secondary N) is 1. The number of benzene rings is 2. The van der Waals surface area contributed by atoms with Crippen molar-refractivity contribution in [1.29, 1.82) is 0 Å². The van der Waals surface area contributed by atoms with Gasteiger partial charge in [-0.15, -0.1) is 0 Å². The van der Waals surface area contributed by atoms with Crippen molar-refractivity contribution in [1.82, 2.24) is 9.97 Å². The van der Waals surface area contributed by atoms with Crippen LogP contribution in [0.2, 0.25) is 0 Å². The van der Waals surface area contributed by atoms with Crippen LogP contribution in [0.1, 0.15) is 27.3 Å². The highest BCUT2D eigenvalue weighted by molar-refractivity contribution is 6.15. The molecule has 4 heteroatoms. The molecule has 1 aromatic heterocycles. The largest absolute Gasteiger partial charge is 0.362 e. The second-order valence-corrected chi connectivity index (χ2v) is 6.71. The Balaban J connectivity index is 1.50. The number of carbonyl (C=O) groups is 1. The molecule has 0 fully saturated rings. The number of ketones is 1. The van der Waals surface area contributed by atoms with Crippen molar-refractivity contribution < 1.29 is 4.79 Å². The van der Waals surface area contributed by atoms with Crippen LogP contribution < -0.4 is 5.32 Å². The van der Waals surface area contributed by atoms with Crippen LogP contribution >= 0.6 is 0 Å². The van der Waals surface area contributed by atoms with Gasteiger partial charge in [0.25, 0.3) is 0 Å². The van der Waals surface area contributed by atoms with Gasteiger partial charge in [-0.25, -0.2) is 9.97 Å². The molecule has 24 heavy (non-hydrogen) atoms. The van der Waals surface area contributed by atoms with Crippen LogP contribution in [-0.2, 0) is 19.3 Å². The number of rotatable bonds is 2. The normalized spacial score (nSPS) is 16.2. The van der Waals surface area contributed by atoms with E-state index >= 15 is 0 Å². The van der Waals surface area contributed by atoms with E-state index < -0.39 is 0 Å². The molecule has 2 heterocycles. The molecule has 0 amide bonds. The summed E-state index contributed by atoms with van der Waals surface area (Å²) in [6, 6.07) is 14.4. The highest BCUT2D eigenvalue weighted by Crippen LogP contribution is 2.31. The Labute approximate surface area is 139 Å². The number of Topliss-reactive ketones (excluding diaryl/α,β-unsaturated/α-hetero) is 1. The van der Waals surface area contributed by atoms with E-state index in [9.17, 15) is 4.79 Å². The highest BCUT2D eigenvalue weighted by Gasteiger charge is 2.25. The van der Waals surface area contributed by atoms with E-state index in [2.05, 4.69) is 29.6 Å². The van der Waals surface area contributed by atoms with Crippen LogP contribution in [-0.4, -0.2) is 22.3 Å². The maximum Gasteiger partial charge on any atom is 0.182 e. The Morgan fingerprint density at radius 3 is 2.58 bits per heavy atom. The van der Waals surface area contributed by atoms with Gasteiger partial charge < -0.3 is 5.32 Å². The molecule has 0 saturated heterocycles. The summed E-state index contributed by atoms with van der Waals surface area (Å²) in [5.74, 6) is 2.34. The van der Waals surface area contributed by atoms with E-state index in [0.29, 0.717) is 12.5 Å². The predicted molar refractivity (Wildman–Crippen MR) is 93.4 cm³/mol. The van der Waals surface area contributed by atoms with Gasteiger partial charge in [-0.2, -0.15) is 0 Å². The van der Waals surface area contributed by atoms with Gasteiger partial charge in [0.15, 0.2) is 5.78 Å². The van der Waals surface area contributed by atoms with Crippen LogP contribution in [0.15, 0.2) is 42.5 Å². The van der Waals surface area contributed by atoms with Crippen LogP contribution in [0, 0.1) is 5.92 Å². The molecule has 0 bridgehead atoms. The van der Waals surface area contributed by atoms with Gasteiger partial charge in [0, 0.05) is 12.0 Å². The first kappa shape index (κ1) is 13.7. The number of hydrogen-bond donors (Lipinski definition) is 1. The zero-order valence-electron chi connectivity index (χ0n) is 13.2. The van der Waals surface area contributed by atoms with Gasteiger partial charge >= 0.3 is 0 Å². The lowest BCUT2D eigenvalue weighted by molar-refractivity contribution is 0.101. The van der Waals surface area contributed by atoms with Crippen molar-refractivity contribution in [3.63, 3.8) is 0 Å². The first-order valence-electron chi connectivity index (χ1n) is 8.41. The second-order valence-electron chi connectivity index (χ2n) is 6.71. The predicted octanol–water partition coefficient (Wildman–Crippen LogP) is 3.20. The van der Waals surface area contributed by atoms with Gasteiger partial charge in [0.2, 0.25) is 0 Å². The number of carbonyl (C=O) groups excluding carboxylic acids is 1. The Kier molecular flexibility index (Phi) is 2.92. The fourth-order valence-corrected chi connectivity index (χ4v) is 3.99. The lowest BCUT2D eigenvalue weighted by Crippen LogP contribution is -2.22.